The summed E-state index contributed by atoms with van der Waals surface area (Å²) in [5.74, 6) is 2.33. The maximum Gasteiger partial charge on any atom is 0.326 e. The van der Waals surface area contributed by atoms with E-state index in [9.17, 15) is 4.79 Å². The monoisotopic (exact) mass is 521 g/mol. The van der Waals surface area contributed by atoms with Crippen LogP contribution in [-0.2, 0) is 0 Å². The number of anilines is 2. The number of benzene rings is 2. The molecule has 1 N–H and O–H groups in total. The number of carbonyl (C=O) groups is 1. The molecule has 2 bridgehead atoms. The Morgan fingerprint density at radius 1 is 1.05 bits per heavy atom. The van der Waals surface area contributed by atoms with Crippen LogP contribution in [0.2, 0.25) is 5.02 Å². The van der Waals surface area contributed by atoms with Crippen molar-refractivity contribution in [1.82, 2.24) is 19.8 Å². The highest BCUT2D eigenvalue weighted by Crippen LogP contribution is 2.31. The molecule has 2 fully saturated rings. The highest BCUT2D eigenvalue weighted by atomic mass is 35.5. The van der Waals surface area contributed by atoms with Gasteiger partial charge in [-0.3, -0.25) is 9.80 Å². The largest absolute Gasteiger partial charge is 0.326 e. The Morgan fingerprint density at radius 2 is 1.73 bits per heavy atom. The minimum absolute atomic E-state index is 0.134. The van der Waals surface area contributed by atoms with Gasteiger partial charge in [0, 0.05) is 47.5 Å². The molecule has 2 saturated heterocycles. The summed E-state index contributed by atoms with van der Waals surface area (Å²) in [6.07, 6.45) is 3.32. The number of rotatable bonds is 8. The zero-order valence-corrected chi connectivity index (χ0v) is 22.6. The van der Waals surface area contributed by atoms with E-state index in [-0.39, 0.29) is 6.03 Å². The fourth-order valence-corrected chi connectivity index (χ4v) is 5.80. The molecule has 196 valence electrons. The fraction of sp³-hybridized carbons (Fsp3) is 0.464. The van der Waals surface area contributed by atoms with Gasteiger partial charge in [-0.1, -0.05) is 43.6 Å². The van der Waals surface area contributed by atoms with E-state index in [2.05, 4.69) is 43.9 Å². The Morgan fingerprint density at radius 3 is 2.38 bits per heavy atom. The maximum atomic E-state index is 13.3. The normalized spacial score (nSPS) is 19.4. The van der Waals surface area contributed by atoms with Crippen molar-refractivity contribution in [2.75, 3.05) is 41.4 Å². The highest BCUT2D eigenvalue weighted by Gasteiger charge is 2.40. The van der Waals surface area contributed by atoms with Crippen LogP contribution in [0.5, 0.6) is 0 Å². The third-order valence-corrected chi connectivity index (χ3v) is 7.69. The second-order valence-electron chi connectivity index (χ2n) is 10.3. The zero-order valence-electron chi connectivity index (χ0n) is 21.8. The number of aromatic nitrogens is 3. The van der Waals surface area contributed by atoms with Gasteiger partial charge >= 0.3 is 6.03 Å². The molecule has 8 nitrogen and oxygen atoms in total. The average molecular weight is 522 g/mol. The average Bonchev–Trinajstić information content (AvgIpc) is 3.39. The van der Waals surface area contributed by atoms with E-state index in [4.69, 9.17) is 11.6 Å². The number of nitrogens with zero attached hydrogens (tertiary/aromatic N) is 6. The highest BCUT2D eigenvalue weighted by molar-refractivity contribution is 6.30. The van der Waals surface area contributed by atoms with Gasteiger partial charge in [0.05, 0.1) is 13.1 Å². The molecule has 37 heavy (non-hydrogen) atoms. The van der Waals surface area contributed by atoms with Gasteiger partial charge in [0.25, 0.3) is 0 Å². The molecule has 2 atom stereocenters. The van der Waals surface area contributed by atoms with Crippen molar-refractivity contribution in [3.05, 3.63) is 71.3 Å². The molecule has 3 aromatic rings. The first-order valence-corrected chi connectivity index (χ1v) is 13.6. The molecule has 2 aromatic carbocycles. The van der Waals surface area contributed by atoms with E-state index in [1.807, 2.05) is 54.3 Å². The summed E-state index contributed by atoms with van der Waals surface area (Å²) in [4.78, 5) is 17.8. The van der Waals surface area contributed by atoms with E-state index in [0.29, 0.717) is 29.6 Å². The quantitative estimate of drug-likeness (QED) is 0.437. The summed E-state index contributed by atoms with van der Waals surface area (Å²) in [5, 5.41) is 14.9. The van der Waals surface area contributed by atoms with Crippen molar-refractivity contribution in [2.24, 2.45) is 0 Å². The molecule has 1 aromatic heterocycles. The van der Waals surface area contributed by atoms with Crippen LogP contribution >= 0.6 is 11.6 Å². The van der Waals surface area contributed by atoms with Crippen LogP contribution < -0.4 is 15.2 Å². The first-order chi connectivity index (χ1) is 17.9. The van der Waals surface area contributed by atoms with Crippen LogP contribution in [0.1, 0.15) is 50.7 Å². The lowest BCUT2D eigenvalue weighted by atomic mass is 10.2. The summed E-state index contributed by atoms with van der Waals surface area (Å²) in [6.45, 7) is 9.96. The van der Waals surface area contributed by atoms with E-state index >= 15 is 0 Å². The molecule has 0 aliphatic carbocycles. The standard InChI is InChI=1S/C28H36ClN7O/c1-20(2)27-32-31-21(3)36(27)33-18-25-14-15-26(19-33)34(25)16-7-17-35(24-8-5-4-6-9-24)28(37)30-23-12-10-22(29)11-13-23/h4-6,8-13,20,25-26H,7,14-19H2,1-3H3,(H,30,37)/t25-,26-/m1/s1. The van der Waals surface area contributed by atoms with Gasteiger partial charge in [-0.2, -0.15) is 0 Å². The van der Waals surface area contributed by atoms with Crippen LogP contribution in [-0.4, -0.2) is 64.1 Å². The summed E-state index contributed by atoms with van der Waals surface area (Å²) < 4.78 is 2.24. The first kappa shape index (κ1) is 25.5. The van der Waals surface area contributed by atoms with Gasteiger partial charge in [0.15, 0.2) is 5.82 Å². The van der Waals surface area contributed by atoms with Crippen molar-refractivity contribution in [3.63, 3.8) is 0 Å². The molecule has 3 heterocycles. The van der Waals surface area contributed by atoms with Crippen LogP contribution in [0.3, 0.4) is 0 Å². The van der Waals surface area contributed by atoms with Gasteiger partial charge in [-0.15, -0.1) is 10.2 Å². The van der Waals surface area contributed by atoms with Crippen molar-refractivity contribution < 1.29 is 4.79 Å². The Hall–Kier alpha value is -3.10. The minimum Gasteiger partial charge on any atom is -0.308 e. The topological polar surface area (TPSA) is 69.5 Å². The molecule has 2 aliphatic heterocycles. The van der Waals surface area contributed by atoms with Crippen molar-refractivity contribution in [1.29, 1.82) is 0 Å². The fourth-order valence-electron chi connectivity index (χ4n) is 5.67. The number of urea groups is 1. The number of amides is 2. The van der Waals surface area contributed by atoms with Crippen LogP contribution in [0.25, 0.3) is 0 Å². The Labute approximate surface area is 224 Å². The molecule has 0 unspecified atom stereocenters. The van der Waals surface area contributed by atoms with Gasteiger partial charge in [-0.25, -0.2) is 9.47 Å². The molecule has 9 heteroatoms. The molecule has 0 radical (unpaired) electrons. The number of nitrogens with one attached hydrogen (secondary N) is 1. The lowest BCUT2D eigenvalue weighted by Gasteiger charge is -2.43. The Bertz CT molecular complexity index is 1180. The number of hydrogen-bond donors (Lipinski definition) is 1. The van der Waals surface area contributed by atoms with Gasteiger partial charge in [0.2, 0.25) is 0 Å². The smallest absolute Gasteiger partial charge is 0.308 e. The molecule has 2 aliphatic rings. The first-order valence-electron chi connectivity index (χ1n) is 13.2. The number of carbonyl (C=O) groups excluding carboxylic acids is 1. The number of hydrogen-bond acceptors (Lipinski definition) is 5. The Kier molecular flexibility index (Phi) is 7.67. The third-order valence-electron chi connectivity index (χ3n) is 7.44. The third kappa shape index (κ3) is 5.60. The minimum atomic E-state index is -0.134. The van der Waals surface area contributed by atoms with E-state index in [0.717, 1.165) is 49.1 Å². The number of halogens is 1. The van der Waals surface area contributed by atoms with Crippen LogP contribution in [0.15, 0.2) is 54.6 Å². The molecular formula is C28H36ClN7O. The molecule has 0 spiro atoms. The summed E-state index contributed by atoms with van der Waals surface area (Å²) in [5.41, 5.74) is 1.63. The molecule has 2 amide bonds. The van der Waals surface area contributed by atoms with E-state index in [1.165, 1.54) is 12.8 Å². The van der Waals surface area contributed by atoms with Gasteiger partial charge < -0.3 is 10.3 Å². The lowest BCUT2D eigenvalue weighted by molar-refractivity contribution is 0.152. The van der Waals surface area contributed by atoms with Crippen molar-refractivity contribution in [2.45, 2.75) is 58.0 Å². The van der Waals surface area contributed by atoms with Crippen LogP contribution in [0, 0.1) is 6.92 Å². The number of para-hydroxylation sites is 1. The maximum absolute atomic E-state index is 13.3. The van der Waals surface area contributed by atoms with Gasteiger partial charge in [0.1, 0.15) is 5.82 Å². The second-order valence-corrected chi connectivity index (χ2v) is 10.8. The summed E-state index contributed by atoms with van der Waals surface area (Å²) in [7, 11) is 0. The van der Waals surface area contributed by atoms with E-state index in [1.54, 1.807) is 12.1 Å². The second kappa shape index (κ2) is 11.1. The Balaban J connectivity index is 1.23. The van der Waals surface area contributed by atoms with Gasteiger partial charge in [-0.05, 0) is 62.6 Å². The number of piperazine rings is 1. The lowest BCUT2D eigenvalue weighted by Crippen LogP contribution is -2.58. The predicted molar refractivity (Wildman–Crippen MR) is 149 cm³/mol. The van der Waals surface area contributed by atoms with Crippen LogP contribution in [0.4, 0.5) is 16.2 Å². The van der Waals surface area contributed by atoms with Crippen molar-refractivity contribution in [3.8, 4) is 0 Å². The summed E-state index contributed by atoms with van der Waals surface area (Å²) in [6, 6.07) is 18.0. The summed E-state index contributed by atoms with van der Waals surface area (Å²) >= 11 is 6.01. The molecule has 5 rings (SSSR count). The SMILES string of the molecule is Cc1nnc(C(C)C)n1N1C[C@H]2CC[C@H](C1)N2CCCN(C(=O)Nc1ccc(Cl)cc1)c1ccccc1. The number of fused-ring (bicyclic) bond motifs is 2. The number of aryl methyl sites for hydroxylation is 1. The molecular weight excluding hydrogens is 486 g/mol. The zero-order chi connectivity index (χ0) is 25.9. The predicted octanol–water partition coefficient (Wildman–Crippen LogP) is 5.28. The molecule has 0 saturated carbocycles. The van der Waals surface area contributed by atoms with Crippen molar-refractivity contribution >= 4 is 29.0 Å². The van der Waals surface area contributed by atoms with E-state index < -0.39 is 0 Å².